The molecule has 0 spiro atoms. The minimum atomic E-state index is -0.845. The van der Waals surface area contributed by atoms with E-state index in [1.54, 1.807) is 37.3 Å². The van der Waals surface area contributed by atoms with Crippen LogP contribution >= 0.6 is 27.3 Å². The van der Waals surface area contributed by atoms with E-state index in [0.29, 0.717) is 61.4 Å². The molecule has 8 nitrogen and oxygen atoms in total. The van der Waals surface area contributed by atoms with Crippen molar-refractivity contribution in [2.75, 3.05) is 18.1 Å². The Morgan fingerprint density at radius 2 is 1.92 bits per heavy atom. The maximum absolute atomic E-state index is 13.9. The van der Waals surface area contributed by atoms with Gasteiger partial charge in [-0.25, -0.2) is 4.98 Å². The molecule has 0 N–H and O–H groups in total. The van der Waals surface area contributed by atoms with E-state index in [1.165, 1.54) is 11.8 Å². The molecule has 10 heteroatoms. The molecule has 0 fully saturated rings. The molecule has 1 aliphatic heterocycles. The summed E-state index contributed by atoms with van der Waals surface area (Å²) in [6.07, 6.45) is 0.831. The first-order valence-electron chi connectivity index (χ1n) is 12.2. The van der Waals surface area contributed by atoms with Crippen molar-refractivity contribution in [3.63, 3.8) is 0 Å². The molecule has 2 aromatic carbocycles. The number of aromatic nitrogens is 1. The summed E-state index contributed by atoms with van der Waals surface area (Å²) in [5, 5.41) is 0.661. The van der Waals surface area contributed by atoms with Crippen molar-refractivity contribution in [1.82, 2.24) is 4.98 Å². The number of hydrogen-bond donors (Lipinski definition) is 0. The molecular weight excluding hydrogens is 572 g/mol. The Morgan fingerprint density at radius 3 is 2.61 bits per heavy atom. The van der Waals surface area contributed by atoms with Gasteiger partial charge in [0.2, 0.25) is 5.76 Å². The highest BCUT2D eigenvalue weighted by Crippen LogP contribution is 2.45. The van der Waals surface area contributed by atoms with Crippen LogP contribution in [-0.2, 0) is 0 Å². The highest BCUT2D eigenvalue weighted by molar-refractivity contribution is 9.10. The van der Waals surface area contributed by atoms with Gasteiger partial charge in [0, 0.05) is 11.4 Å². The van der Waals surface area contributed by atoms with Crippen molar-refractivity contribution in [3.8, 4) is 11.5 Å². The molecule has 0 saturated heterocycles. The third kappa shape index (κ3) is 4.41. The maximum atomic E-state index is 13.9. The summed E-state index contributed by atoms with van der Waals surface area (Å²) in [6, 6.07) is 9.61. The van der Waals surface area contributed by atoms with E-state index >= 15 is 0 Å². The summed E-state index contributed by atoms with van der Waals surface area (Å²) in [5.41, 5.74) is 1.36. The lowest BCUT2D eigenvalue weighted by molar-refractivity contribution is 0.0969. The van der Waals surface area contributed by atoms with Crippen LogP contribution in [0.3, 0.4) is 0 Å². The van der Waals surface area contributed by atoms with Gasteiger partial charge in [0.15, 0.2) is 27.8 Å². The first kappa shape index (κ1) is 26.1. The van der Waals surface area contributed by atoms with E-state index in [0.717, 1.165) is 17.8 Å². The predicted molar refractivity (Wildman–Crippen MR) is 149 cm³/mol. The minimum absolute atomic E-state index is 0.0451. The number of benzene rings is 2. The second-order valence-corrected chi connectivity index (χ2v) is 10.7. The second-order valence-electron chi connectivity index (χ2n) is 8.85. The number of aryl methyl sites for hydroxylation is 1. The highest BCUT2D eigenvalue weighted by atomic mass is 79.9. The van der Waals surface area contributed by atoms with E-state index < -0.39 is 11.9 Å². The van der Waals surface area contributed by atoms with Crippen molar-refractivity contribution in [2.24, 2.45) is 0 Å². The van der Waals surface area contributed by atoms with Crippen LogP contribution in [0.5, 0.6) is 11.5 Å². The largest absolute Gasteiger partial charge is 0.490 e. The van der Waals surface area contributed by atoms with E-state index in [4.69, 9.17) is 13.9 Å². The SMILES string of the molecule is CCCOc1ccc(C2c3c(oc4ccc(Br)cc4c3=O)C(=O)N2c2nc(C)c(C(C)=O)s2)cc1OCC. The molecule has 5 rings (SSSR count). The van der Waals surface area contributed by atoms with E-state index in [9.17, 15) is 14.4 Å². The second kappa shape index (κ2) is 10.3. The summed E-state index contributed by atoms with van der Waals surface area (Å²) >= 11 is 4.53. The van der Waals surface area contributed by atoms with Crippen molar-refractivity contribution >= 4 is 55.1 Å². The summed E-state index contributed by atoms with van der Waals surface area (Å²) in [6.45, 7) is 8.00. The first-order chi connectivity index (χ1) is 18.2. The lowest BCUT2D eigenvalue weighted by Gasteiger charge is -2.23. The molecule has 0 saturated carbocycles. The van der Waals surface area contributed by atoms with Gasteiger partial charge in [0.05, 0.1) is 40.8 Å². The number of fused-ring (bicyclic) bond motifs is 2. The molecule has 1 atom stereocenters. The van der Waals surface area contributed by atoms with Crippen LogP contribution in [0, 0.1) is 6.92 Å². The maximum Gasteiger partial charge on any atom is 0.297 e. The predicted octanol–water partition coefficient (Wildman–Crippen LogP) is 6.46. The number of thiazole rings is 1. The summed E-state index contributed by atoms with van der Waals surface area (Å²) in [7, 11) is 0. The summed E-state index contributed by atoms with van der Waals surface area (Å²) in [4.78, 5) is 46.4. The summed E-state index contributed by atoms with van der Waals surface area (Å²) < 4.78 is 18.5. The molecular formula is C28H25BrN2O6S. The minimum Gasteiger partial charge on any atom is -0.490 e. The molecule has 2 aromatic heterocycles. The molecule has 1 amide bonds. The van der Waals surface area contributed by atoms with E-state index in [2.05, 4.69) is 20.9 Å². The Morgan fingerprint density at radius 1 is 1.13 bits per heavy atom. The molecule has 1 unspecified atom stereocenters. The Balaban J connectivity index is 1.76. The van der Waals surface area contributed by atoms with Gasteiger partial charge in [-0.05, 0) is 56.2 Å². The average Bonchev–Trinajstić information content (AvgIpc) is 3.41. The van der Waals surface area contributed by atoms with Gasteiger partial charge >= 0.3 is 0 Å². The number of ketones is 1. The molecule has 0 radical (unpaired) electrons. The lowest BCUT2D eigenvalue weighted by Crippen LogP contribution is -2.29. The Labute approximate surface area is 231 Å². The quantitative estimate of drug-likeness (QED) is 0.215. The lowest BCUT2D eigenvalue weighted by atomic mass is 9.98. The van der Waals surface area contributed by atoms with Gasteiger partial charge < -0.3 is 13.9 Å². The molecule has 4 aromatic rings. The van der Waals surface area contributed by atoms with Crippen LogP contribution in [0.25, 0.3) is 11.0 Å². The van der Waals surface area contributed by atoms with Gasteiger partial charge in [-0.15, -0.1) is 0 Å². The van der Waals surface area contributed by atoms with Gasteiger partial charge in [-0.2, -0.15) is 0 Å². The fourth-order valence-corrected chi connectivity index (χ4v) is 5.91. The van der Waals surface area contributed by atoms with Crippen molar-refractivity contribution in [1.29, 1.82) is 0 Å². The van der Waals surface area contributed by atoms with Gasteiger partial charge in [0.25, 0.3) is 5.91 Å². The molecule has 0 bridgehead atoms. The number of amides is 1. The van der Waals surface area contributed by atoms with Crippen LogP contribution in [0.15, 0.2) is 50.1 Å². The topological polar surface area (TPSA) is 98.9 Å². The van der Waals surface area contributed by atoms with Crippen LogP contribution < -0.4 is 19.8 Å². The normalized spacial score (nSPS) is 14.7. The smallest absolute Gasteiger partial charge is 0.297 e. The molecule has 38 heavy (non-hydrogen) atoms. The fraction of sp³-hybridized carbons (Fsp3) is 0.286. The molecule has 196 valence electrons. The number of ether oxygens (including phenoxy) is 2. The van der Waals surface area contributed by atoms with E-state index in [-0.39, 0.29) is 22.5 Å². The molecule has 1 aliphatic rings. The number of anilines is 1. The van der Waals surface area contributed by atoms with Gasteiger partial charge in [0.1, 0.15) is 5.58 Å². The average molecular weight is 597 g/mol. The molecule has 0 aliphatic carbocycles. The third-order valence-corrected chi connectivity index (χ3v) is 7.94. The number of hydrogen-bond acceptors (Lipinski definition) is 8. The van der Waals surface area contributed by atoms with Crippen LogP contribution in [0.4, 0.5) is 5.13 Å². The van der Waals surface area contributed by atoms with Gasteiger partial charge in [-0.3, -0.25) is 19.3 Å². The summed E-state index contributed by atoms with van der Waals surface area (Å²) in [5.74, 6) is 0.392. The number of carbonyl (C=O) groups excluding carboxylic acids is 2. The first-order valence-corrected chi connectivity index (χ1v) is 13.8. The van der Waals surface area contributed by atoms with Crippen LogP contribution in [0.1, 0.15) is 70.3 Å². The van der Waals surface area contributed by atoms with Gasteiger partial charge in [-0.1, -0.05) is 40.3 Å². The third-order valence-electron chi connectivity index (χ3n) is 6.19. The Hall–Kier alpha value is -3.50. The highest BCUT2D eigenvalue weighted by Gasteiger charge is 2.45. The number of Topliss-reactive ketones (excluding diaryl/α,β-unsaturated/α-hetero) is 1. The van der Waals surface area contributed by atoms with Crippen LogP contribution in [-0.4, -0.2) is 29.9 Å². The van der Waals surface area contributed by atoms with Crippen LogP contribution in [0.2, 0.25) is 0 Å². The number of nitrogens with zero attached hydrogens (tertiary/aromatic N) is 2. The zero-order chi connectivity index (χ0) is 27.1. The fourth-order valence-electron chi connectivity index (χ4n) is 4.56. The zero-order valence-corrected chi connectivity index (χ0v) is 23.7. The standard InChI is InChI=1S/C28H25BrN2O6S/c1-5-11-36-20-9-7-16(12-21(20)35-6-2)23-22-24(33)18-13-17(29)8-10-19(18)37-25(22)27(34)31(23)28-30-14(3)26(38-28)15(4)32/h7-10,12-13,23H,5-6,11H2,1-4H3. The molecule has 3 heterocycles. The monoisotopic (exact) mass is 596 g/mol. The number of rotatable bonds is 8. The van der Waals surface area contributed by atoms with Crippen molar-refractivity contribution in [2.45, 2.75) is 40.2 Å². The number of carbonyl (C=O) groups is 2. The van der Waals surface area contributed by atoms with Crippen molar-refractivity contribution < 1.29 is 23.5 Å². The Bertz CT molecular complexity index is 1640. The zero-order valence-electron chi connectivity index (χ0n) is 21.3. The van der Waals surface area contributed by atoms with E-state index in [1.807, 2.05) is 19.9 Å². The van der Waals surface area contributed by atoms with Crippen molar-refractivity contribution in [3.05, 3.63) is 78.6 Å². The Kier molecular flexibility index (Phi) is 7.11. The number of halogens is 1.